The molecule has 1 heterocycles. The van der Waals surface area contributed by atoms with Crippen LogP contribution in [0.5, 0.6) is 0 Å². The second-order valence-corrected chi connectivity index (χ2v) is 6.81. The Bertz CT molecular complexity index is 754. The molecule has 3 rings (SSSR count). The molecule has 0 N–H and O–H groups in total. The number of aryl methyl sites for hydroxylation is 1. The summed E-state index contributed by atoms with van der Waals surface area (Å²) in [7, 11) is 2.00. The van der Waals surface area contributed by atoms with Crippen LogP contribution in [0.25, 0.3) is 11.4 Å². The van der Waals surface area contributed by atoms with E-state index in [-0.39, 0.29) is 0 Å². The summed E-state index contributed by atoms with van der Waals surface area (Å²) in [4.78, 5) is 0. The average molecular weight is 344 g/mol. The third-order valence-corrected chi connectivity index (χ3v) is 4.98. The number of hydrogen-bond donors (Lipinski definition) is 0. The van der Waals surface area contributed by atoms with Crippen LogP contribution < -0.4 is 0 Å². The van der Waals surface area contributed by atoms with Crippen LogP contribution in [0, 0.1) is 0 Å². The highest BCUT2D eigenvalue weighted by molar-refractivity contribution is 7.99. The summed E-state index contributed by atoms with van der Waals surface area (Å²) in [6.45, 7) is 0. The van der Waals surface area contributed by atoms with Gasteiger partial charge in [-0.2, -0.15) is 0 Å². The van der Waals surface area contributed by atoms with Gasteiger partial charge in [-0.05, 0) is 42.7 Å². The zero-order valence-corrected chi connectivity index (χ0v) is 14.5. The van der Waals surface area contributed by atoms with Crippen molar-refractivity contribution in [1.29, 1.82) is 0 Å². The molecule has 23 heavy (non-hydrogen) atoms. The number of aromatic nitrogens is 3. The van der Waals surface area contributed by atoms with E-state index in [1.165, 1.54) is 5.56 Å². The van der Waals surface area contributed by atoms with Gasteiger partial charge in [0.1, 0.15) is 0 Å². The number of thioether (sulfide) groups is 1. The van der Waals surface area contributed by atoms with Crippen LogP contribution >= 0.6 is 23.4 Å². The molecule has 0 spiro atoms. The van der Waals surface area contributed by atoms with Crippen molar-refractivity contribution in [2.45, 2.75) is 18.0 Å². The Morgan fingerprint density at radius 1 is 1.00 bits per heavy atom. The molecule has 118 valence electrons. The fraction of sp³-hybridized carbons (Fsp3) is 0.222. The van der Waals surface area contributed by atoms with Crippen molar-refractivity contribution >= 4 is 23.4 Å². The lowest BCUT2D eigenvalue weighted by molar-refractivity contribution is 0.791. The molecule has 0 radical (unpaired) electrons. The second-order valence-electron chi connectivity index (χ2n) is 5.31. The first-order valence-electron chi connectivity index (χ1n) is 7.56. The fourth-order valence-electron chi connectivity index (χ4n) is 2.38. The molecule has 5 heteroatoms. The highest BCUT2D eigenvalue weighted by Crippen LogP contribution is 2.24. The molecule has 1 aromatic heterocycles. The molecule has 0 bridgehead atoms. The third kappa shape index (κ3) is 4.15. The fourth-order valence-corrected chi connectivity index (χ4v) is 3.35. The number of benzene rings is 2. The molecular weight excluding hydrogens is 326 g/mol. The molecule has 0 aliphatic rings. The zero-order chi connectivity index (χ0) is 16.1. The summed E-state index contributed by atoms with van der Waals surface area (Å²) in [5.74, 6) is 1.90. The van der Waals surface area contributed by atoms with E-state index in [2.05, 4.69) is 40.5 Å². The maximum absolute atomic E-state index is 5.93. The maximum atomic E-state index is 5.93. The Labute approximate surface area is 145 Å². The van der Waals surface area contributed by atoms with E-state index in [1.807, 2.05) is 35.9 Å². The van der Waals surface area contributed by atoms with Crippen molar-refractivity contribution in [2.24, 2.45) is 7.05 Å². The maximum Gasteiger partial charge on any atom is 0.191 e. The summed E-state index contributed by atoms with van der Waals surface area (Å²) in [6.07, 6.45) is 2.22. The molecule has 3 aromatic rings. The topological polar surface area (TPSA) is 30.7 Å². The molecule has 2 aromatic carbocycles. The van der Waals surface area contributed by atoms with Crippen LogP contribution in [-0.2, 0) is 13.5 Å². The second kappa shape index (κ2) is 7.66. The Hall–Kier alpha value is -1.78. The number of nitrogens with zero attached hydrogens (tertiary/aromatic N) is 3. The monoisotopic (exact) mass is 343 g/mol. The van der Waals surface area contributed by atoms with Crippen molar-refractivity contribution < 1.29 is 0 Å². The quantitative estimate of drug-likeness (QED) is 0.473. The third-order valence-electron chi connectivity index (χ3n) is 3.62. The van der Waals surface area contributed by atoms with E-state index in [9.17, 15) is 0 Å². The van der Waals surface area contributed by atoms with Gasteiger partial charge in [-0.1, -0.05) is 53.7 Å². The van der Waals surface area contributed by atoms with Crippen LogP contribution in [0.4, 0.5) is 0 Å². The highest BCUT2D eigenvalue weighted by atomic mass is 35.5. The SMILES string of the molecule is Cn1c(SCCCc2ccccc2)nnc1-c1ccc(Cl)cc1. The Morgan fingerprint density at radius 3 is 2.48 bits per heavy atom. The minimum Gasteiger partial charge on any atom is -0.305 e. The summed E-state index contributed by atoms with van der Waals surface area (Å²) < 4.78 is 2.04. The molecule has 0 aliphatic heterocycles. The van der Waals surface area contributed by atoms with Gasteiger partial charge in [0.2, 0.25) is 0 Å². The van der Waals surface area contributed by atoms with Gasteiger partial charge in [-0.15, -0.1) is 10.2 Å². The Balaban J connectivity index is 1.58. The van der Waals surface area contributed by atoms with Crippen molar-refractivity contribution in [2.75, 3.05) is 5.75 Å². The molecule has 0 aliphatic carbocycles. The molecule has 0 amide bonds. The summed E-state index contributed by atoms with van der Waals surface area (Å²) in [6, 6.07) is 18.3. The van der Waals surface area contributed by atoms with Crippen molar-refractivity contribution in [3.05, 3.63) is 65.2 Å². The lowest BCUT2D eigenvalue weighted by atomic mass is 10.1. The molecule has 0 atom stereocenters. The highest BCUT2D eigenvalue weighted by Gasteiger charge is 2.10. The van der Waals surface area contributed by atoms with Gasteiger partial charge in [0.25, 0.3) is 0 Å². The molecule has 3 nitrogen and oxygen atoms in total. The Morgan fingerprint density at radius 2 is 1.74 bits per heavy atom. The van der Waals surface area contributed by atoms with E-state index in [1.54, 1.807) is 11.8 Å². The van der Waals surface area contributed by atoms with Crippen LogP contribution in [0.15, 0.2) is 59.8 Å². The minimum atomic E-state index is 0.728. The van der Waals surface area contributed by atoms with E-state index in [0.29, 0.717) is 0 Å². The van der Waals surface area contributed by atoms with Gasteiger partial charge in [-0.3, -0.25) is 0 Å². The molecule has 0 unspecified atom stereocenters. The summed E-state index contributed by atoms with van der Waals surface area (Å²) >= 11 is 7.68. The number of rotatable bonds is 6. The molecule has 0 saturated carbocycles. The minimum absolute atomic E-state index is 0.728. The number of halogens is 1. The molecule has 0 fully saturated rings. The van der Waals surface area contributed by atoms with E-state index >= 15 is 0 Å². The van der Waals surface area contributed by atoms with Gasteiger partial charge in [0, 0.05) is 23.4 Å². The first-order chi connectivity index (χ1) is 11.2. The van der Waals surface area contributed by atoms with E-state index in [0.717, 1.165) is 40.2 Å². The van der Waals surface area contributed by atoms with Gasteiger partial charge < -0.3 is 4.57 Å². The predicted octanol–water partition coefficient (Wildman–Crippen LogP) is 4.86. The lowest BCUT2D eigenvalue weighted by Crippen LogP contribution is -1.96. The van der Waals surface area contributed by atoms with Crippen molar-refractivity contribution in [1.82, 2.24) is 14.8 Å². The smallest absolute Gasteiger partial charge is 0.191 e. The predicted molar refractivity (Wildman–Crippen MR) is 96.9 cm³/mol. The summed E-state index contributed by atoms with van der Waals surface area (Å²) in [5.41, 5.74) is 2.41. The lowest BCUT2D eigenvalue weighted by Gasteiger charge is -2.04. The standard InChI is InChI=1S/C18H18ClN3S/c1-22-17(15-9-11-16(19)12-10-15)20-21-18(22)23-13-5-8-14-6-3-2-4-7-14/h2-4,6-7,9-12H,5,8,13H2,1H3. The number of hydrogen-bond acceptors (Lipinski definition) is 3. The van der Waals surface area contributed by atoms with E-state index < -0.39 is 0 Å². The molecular formula is C18H18ClN3S. The van der Waals surface area contributed by atoms with E-state index in [4.69, 9.17) is 11.6 Å². The van der Waals surface area contributed by atoms with Crippen LogP contribution in [-0.4, -0.2) is 20.5 Å². The largest absolute Gasteiger partial charge is 0.305 e. The van der Waals surface area contributed by atoms with Gasteiger partial charge in [0.15, 0.2) is 11.0 Å². The first kappa shape index (κ1) is 16.1. The van der Waals surface area contributed by atoms with Crippen LogP contribution in [0.2, 0.25) is 5.02 Å². The first-order valence-corrected chi connectivity index (χ1v) is 8.92. The Kier molecular flexibility index (Phi) is 5.36. The normalized spacial score (nSPS) is 10.9. The van der Waals surface area contributed by atoms with Gasteiger partial charge >= 0.3 is 0 Å². The average Bonchev–Trinajstić information content (AvgIpc) is 2.94. The van der Waals surface area contributed by atoms with Crippen molar-refractivity contribution in [3.63, 3.8) is 0 Å². The zero-order valence-electron chi connectivity index (χ0n) is 12.9. The van der Waals surface area contributed by atoms with Gasteiger partial charge in [0.05, 0.1) is 0 Å². The summed E-state index contributed by atoms with van der Waals surface area (Å²) in [5, 5.41) is 10.3. The molecule has 0 saturated heterocycles. The van der Waals surface area contributed by atoms with Crippen LogP contribution in [0.3, 0.4) is 0 Å². The van der Waals surface area contributed by atoms with Crippen LogP contribution in [0.1, 0.15) is 12.0 Å². The van der Waals surface area contributed by atoms with Crippen molar-refractivity contribution in [3.8, 4) is 11.4 Å². The van der Waals surface area contributed by atoms with Gasteiger partial charge in [-0.25, -0.2) is 0 Å².